The Kier molecular flexibility index (Phi) is 19.6. The van der Waals surface area contributed by atoms with Crippen LogP contribution >= 0.6 is 0 Å². The predicted molar refractivity (Wildman–Crippen MR) is 158 cm³/mol. The molecule has 0 fully saturated rings. The summed E-state index contributed by atoms with van der Waals surface area (Å²) in [6, 6.07) is 0. The molecule has 0 aromatic rings. The first-order valence-electron chi connectivity index (χ1n) is 14.9. The summed E-state index contributed by atoms with van der Waals surface area (Å²) in [6.07, 6.45) is 3.91. The van der Waals surface area contributed by atoms with Crippen LogP contribution in [0.3, 0.4) is 0 Å². The van der Waals surface area contributed by atoms with Gasteiger partial charge in [0.2, 0.25) is 0 Å². The maximum atomic E-state index is 6.33. The molecule has 0 aliphatic heterocycles. The standard InChI is InChI=1S/C31H65NO6/c1-28(2,3)26-36-20-14-18-33-19-15-21-38-31(10,11)32(30(7,8)9)16-12-13-17-34-22-23-35-24-25-37-27-29(4,5)6/h12-27H2,1-11H3. The van der Waals surface area contributed by atoms with Crippen molar-refractivity contribution >= 4 is 0 Å². The zero-order valence-electron chi connectivity index (χ0n) is 27.2. The van der Waals surface area contributed by atoms with Gasteiger partial charge in [-0.3, -0.25) is 4.90 Å². The Bertz CT molecular complexity index is 548. The Morgan fingerprint density at radius 1 is 0.421 bits per heavy atom. The SMILES string of the molecule is CC(C)(C)COCCCOCCCOC(C)(C)N(CCCCOCCOCCOCC(C)(C)C)C(C)(C)C. The minimum Gasteiger partial charge on any atom is -0.381 e. The van der Waals surface area contributed by atoms with Gasteiger partial charge >= 0.3 is 0 Å². The quantitative estimate of drug-likeness (QED) is 0.106. The molecule has 0 aromatic carbocycles. The van der Waals surface area contributed by atoms with Gasteiger partial charge in [-0.05, 0) is 71.1 Å². The molecule has 38 heavy (non-hydrogen) atoms. The minimum absolute atomic E-state index is 0.0107. The van der Waals surface area contributed by atoms with Gasteiger partial charge in [-0.25, -0.2) is 0 Å². The van der Waals surface area contributed by atoms with Gasteiger partial charge in [-0.2, -0.15) is 0 Å². The van der Waals surface area contributed by atoms with E-state index in [1.54, 1.807) is 0 Å². The fraction of sp³-hybridized carbons (Fsp3) is 1.00. The molecule has 0 spiro atoms. The van der Waals surface area contributed by atoms with Gasteiger partial charge in [0.05, 0.1) is 46.2 Å². The van der Waals surface area contributed by atoms with Gasteiger partial charge in [-0.15, -0.1) is 0 Å². The predicted octanol–water partition coefficient (Wildman–Crippen LogP) is 6.58. The monoisotopic (exact) mass is 547 g/mol. The molecule has 0 aliphatic rings. The van der Waals surface area contributed by atoms with E-state index in [0.717, 1.165) is 71.9 Å². The van der Waals surface area contributed by atoms with Crippen molar-refractivity contribution in [1.82, 2.24) is 4.90 Å². The van der Waals surface area contributed by atoms with Crippen molar-refractivity contribution in [2.45, 2.75) is 113 Å². The van der Waals surface area contributed by atoms with E-state index in [9.17, 15) is 0 Å². The third-order valence-corrected chi connectivity index (χ3v) is 5.66. The maximum absolute atomic E-state index is 6.33. The molecule has 0 saturated heterocycles. The summed E-state index contributed by atoms with van der Waals surface area (Å²) < 4.78 is 34.7. The number of hydrogen-bond donors (Lipinski definition) is 0. The zero-order valence-corrected chi connectivity index (χ0v) is 27.2. The lowest BCUT2D eigenvalue weighted by Gasteiger charge is -2.47. The van der Waals surface area contributed by atoms with Crippen LogP contribution < -0.4 is 0 Å². The van der Waals surface area contributed by atoms with E-state index < -0.39 is 0 Å². The van der Waals surface area contributed by atoms with Gasteiger partial charge in [-0.1, -0.05) is 41.5 Å². The molecule has 0 heterocycles. The van der Waals surface area contributed by atoms with Crippen LogP contribution in [-0.4, -0.2) is 95.4 Å². The molecule has 0 amide bonds. The average Bonchev–Trinajstić information content (AvgIpc) is 2.75. The first kappa shape index (κ1) is 37.7. The van der Waals surface area contributed by atoms with Gasteiger partial charge in [0, 0.05) is 38.5 Å². The number of ether oxygens (including phenoxy) is 6. The van der Waals surface area contributed by atoms with E-state index in [4.69, 9.17) is 28.4 Å². The van der Waals surface area contributed by atoms with Crippen LogP contribution in [0.1, 0.15) is 102 Å². The van der Waals surface area contributed by atoms with Crippen LogP contribution in [0.5, 0.6) is 0 Å². The smallest absolute Gasteiger partial charge is 0.116 e. The normalized spacial score (nSPS) is 13.6. The van der Waals surface area contributed by atoms with Crippen molar-refractivity contribution < 1.29 is 28.4 Å². The highest BCUT2D eigenvalue weighted by Crippen LogP contribution is 2.27. The summed E-state index contributed by atoms with van der Waals surface area (Å²) in [5.41, 5.74) is 0.0836. The van der Waals surface area contributed by atoms with Crippen molar-refractivity contribution in [2.24, 2.45) is 10.8 Å². The van der Waals surface area contributed by atoms with E-state index in [1.165, 1.54) is 0 Å². The summed E-state index contributed by atoms with van der Waals surface area (Å²) in [5.74, 6) is 0. The Hall–Kier alpha value is -0.280. The van der Waals surface area contributed by atoms with E-state index in [1.807, 2.05) is 0 Å². The molecule has 230 valence electrons. The Morgan fingerprint density at radius 3 is 1.34 bits per heavy atom. The molecule has 0 N–H and O–H groups in total. The van der Waals surface area contributed by atoms with E-state index >= 15 is 0 Å². The Morgan fingerprint density at radius 2 is 0.816 bits per heavy atom. The third kappa shape index (κ3) is 23.6. The molecule has 0 aliphatic carbocycles. The largest absolute Gasteiger partial charge is 0.381 e. The molecule has 0 saturated carbocycles. The topological polar surface area (TPSA) is 58.6 Å². The first-order valence-corrected chi connectivity index (χ1v) is 14.9. The summed E-state index contributed by atoms with van der Waals surface area (Å²) in [6.45, 7) is 32.8. The molecule has 7 nitrogen and oxygen atoms in total. The van der Waals surface area contributed by atoms with Crippen LogP contribution in [0.25, 0.3) is 0 Å². The van der Waals surface area contributed by atoms with Crippen molar-refractivity contribution in [3.8, 4) is 0 Å². The molecule has 0 atom stereocenters. The average molecular weight is 548 g/mol. The van der Waals surface area contributed by atoms with Crippen LogP contribution in [0.15, 0.2) is 0 Å². The van der Waals surface area contributed by atoms with Gasteiger partial charge in [0.25, 0.3) is 0 Å². The van der Waals surface area contributed by atoms with Crippen LogP contribution in [-0.2, 0) is 28.4 Å². The fourth-order valence-corrected chi connectivity index (χ4v) is 4.01. The lowest BCUT2D eigenvalue weighted by molar-refractivity contribution is -0.166. The van der Waals surface area contributed by atoms with Crippen LogP contribution in [0, 0.1) is 10.8 Å². The number of rotatable bonds is 23. The van der Waals surface area contributed by atoms with Gasteiger partial charge in [0.15, 0.2) is 0 Å². The van der Waals surface area contributed by atoms with Gasteiger partial charge in [0.1, 0.15) is 5.72 Å². The van der Waals surface area contributed by atoms with Crippen LogP contribution in [0.4, 0.5) is 0 Å². The molecule has 0 rings (SSSR count). The molecule has 0 radical (unpaired) electrons. The Labute approximate surface area is 236 Å². The summed E-state index contributed by atoms with van der Waals surface area (Å²) in [7, 11) is 0. The summed E-state index contributed by atoms with van der Waals surface area (Å²) >= 11 is 0. The lowest BCUT2D eigenvalue weighted by Crippen LogP contribution is -2.56. The second kappa shape index (κ2) is 19.7. The molecular formula is C31H65NO6. The highest BCUT2D eigenvalue weighted by atomic mass is 16.5. The van der Waals surface area contributed by atoms with E-state index in [2.05, 4.69) is 81.1 Å². The molecule has 7 heteroatoms. The number of unbranched alkanes of at least 4 members (excludes halogenated alkanes) is 1. The first-order chi connectivity index (χ1) is 17.5. The molecule has 0 unspecified atom stereocenters. The summed E-state index contributed by atoms with van der Waals surface area (Å²) in [4.78, 5) is 2.45. The Balaban J connectivity index is 3.94. The van der Waals surface area contributed by atoms with Crippen molar-refractivity contribution in [3.63, 3.8) is 0 Å². The second-order valence-electron chi connectivity index (χ2n) is 14.1. The molecule has 0 bridgehead atoms. The second-order valence-corrected chi connectivity index (χ2v) is 14.1. The number of nitrogens with zero attached hydrogens (tertiary/aromatic N) is 1. The maximum Gasteiger partial charge on any atom is 0.116 e. The van der Waals surface area contributed by atoms with Crippen molar-refractivity contribution in [3.05, 3.63) is 0 Å². The highest BCUT2D eigenvalue weighted by molar-refractivity contribution is 4.84. The van der Waals surface area contributed by atoms with Crippen LogP contribution in [0.2, 0.25) is 0 Å². The van der Waals surface area contributed by atoms with E-state index in [0.29, 0.717) is 33.0 Å². The summed E-state index contributed by atoms with van der Waals surface area (Å²) in [5, 5.41) is 0. The number of hydrogen-bond acceptors (Lipinski definition) is 7. The lowest BCUT2D eigenvalue weighted by atomic mass is 9.99. The fourth-order valence-electron chi connectivity index (χ4n) is 4.01. The van der Waals surface area contributed by atoms with E-state index in [-0.39, 0.29) is 22.1 Å². The minimum atomic E-state index is -0.344. The van der Waals surface area contributed by atoms with Crippen molar-refractivity contribution in [1.29, 1.82) is 0 Å². The third-order valence-electron chi connectivity index (χ3n) is 5.66. The zero-order chi connectivity index (χ0) is 29.1. The molecule has 0 aromatic heterocycles. The van der Waals surface area contributed by atoms with Crippen molar-refractivity contribution in [2.75, 3.05) is 79.2 Å². The van der Waals surface area contributed by atoms with Gasteiger partial charge < -0.3 is 28.4 Å². The molecular weight excluding hydrogens is 482 g/mol. The highest BCUT2D eigenvalue weighted by Gasteiger charge is 2.35.